The summed E-state index contributed by atoms with van der Waals surface area (Å²) in [5.74, 6) is 0.835. The molecule has 0 aliphatic rings. The second-order valence-corrected chi connectivity index (χ2v) is 7.77. The Hall–Kier alpha value is -2.28. The molecule has 0 fully saturated rings. The highest BCUT2D eigenvalue weighted by atomic mass is 35.5. The number of aromatic nitrogens is 3. The molecule has 2 aromatic carbocycles. The molecule has 8 heteroatoms. The van der Waals surface area contributed by atoms with Crippen molar-refractivity contribution in [3.8, 4) is 0 Å². The fourth-order valence-corrected chi connectivity index (χ4v) is 3.89. The molecule has 0 bridgehead atoms. The molecule has 28 heavy (non-hydrogen) atoms. The van der Waals surface area contributed by atoms with Crippen molar-refractivity contribution in [3.05, 3.63) is 82.6 Å². The van der Waals surface area contributed by atoms with Crippen molar-refractivity contribution in [2.75, 3.05) is 11.1 Å². The predicted molar refractivity (Wildman–Crippen MR) is 115 cm³/mol. The first kappa shape index (κ1) is 20.5. The Kier molecular flexibility index (Phi) is 7.14. The molecule has 1 amide bonds. The number of hydrogen-bond donors (Lipinski definition) is 1. The van der Waals surface area contributed by atoms with Crippen LogP contribution in [0.15, 0.2) is 66.3 Å². The summed E-state index contributed by atoms with van der Waals surface area (Å²) in [4.78, 5) is 12.3. The van der Waals surface area contributed by atoms with Gasteiger partial charge in [-0.1, -0.05) is 71.4 Å². The van der Waals surface area contributed by atoms with Crippen molar-refractivity contribution in [2.24, 2.45) is 0 Å². The van der Waals surface area contributed by atoms with Gasteiger partial charge in [-0.15, -0.1) is 16.8 Å². The van der Waals surface area contributed by atoms with Crippen molar-refractivity contribution in [1.82, 2.24) is 14.8 Å². The third kappa shape index (κ3) is 5.61. The summed E-state index contributed by atoms with van der Waals surface area (Å²) in [6.07, 6.45) is 2.45. The monoisotopic (exact) mass is 432 g/mol. The summed E-state index contributed by atoms with van der Waals surface area (Å²) in [6, 6.07) is 15.0. The zero-order valence-corrected chi connectivity index (χ0v) is 17.3. The predicted octanol–water partition coefficient (Wildman–Crippen LogP) is 5.09. The number of thioether (sulfide) groups is 1. The summed E-state index contributed by atoms with van der Waals surface area (Å²) in [7, 11) is 0. The minimum atomic E-state index is -0.180. The lowest BCUT2D eigenvalue weighted by Gasteiger charge is -2.09. The van der Waals surface area contributed by atoms with E-state index >= 15 is 0 Å². The number of anilines is 1. The Morgan fingerprint density at radius 1 is 1.14 bits per heavy atom. The quantitative estimate of drug-likeness (QED) is 0.397. The van der Waals surface area contributed by atoms with E-state index in [1.165, 1.54) is 11.8 Å². The number of carbonyl (C=O) groups excluding carboxylic acids is 1. The number of carbonyl (C=O) groups is 1. The van der Waals surface area contributed by atoms with E-state index in [0.29, 0.717) is 33.9 Å². The van der Waals surface area contributed by atoms with Crippen LogP contribution in [0.4, 0.5) is 5.69 Å². The number of amides is 1. The average molecular weight is 433 g/mol. The molecule has 0 saturated carbocycles. The fraction of sp³-hybridized carbons (Fsp3) is 0.150. The Bertz CT molecular complexity index is 955. The molecule has 1 N–H and O–H groups in total. The summed E-state index contributed by atoms with van der Waals surface area (Å²) in [5, 5.41) is 12.9. The van der Waals surface area contributed by atoms with Gasteiger partial charge in [0.1, 0.15) is 5.82 Å². The van der Waals surface area contributed by atoms with Gasteiger partial charge < -0.3 is 9.88 Å². The third-order valence-corrected chi connectivity index (χ3v) is 5.19. The number of allylic oxidation sites excluding steroid dienone is 1. The zero-order valence-electron chi connectivity index (χ0n) is 14.9. The van der Waals surface area contributed by atoms with Crippen LogP contribution in [0.5, 0.6) is 0 Å². The lowest BCUT2D eigenvalue weighted by molar-refractivity contribution is -0.113. The molecule has 1 heterocycles. The van der Waals surface area contributed by atoms with Gasteiger partial charge in [0.05, 0.1) is 5.75 Å². The van der Waals surface area contributed by atoms with E-state index in [9.17, 15) is 4.79 Å². The summed E-state index contributed by atoms with van der Waals surface area (Å²) >= 11 is 13.2. The summed E-state index contributed by atoms with van der Waals surface area (Å²) in [6.45, 7) is 4.37. The van der Waals surface area contributed by atoms with E-state index in [1.54, 1.807) is 24.3 Å². The van der Waals surface area contributed by atoms with Crippen molar-refractivity contribution in [1.29, 1.82) is 0 Å². The average Bonchev–Trinajstić information content (AvgIpc) is 3.02. The molecule has 1 aromatic heterocycles. The molecule has 0 unspecified atom stereocenters. The molecule has 144 valence electrons. The maximum absolute atomic E-state index is 12.3. The molecule has 3 rings (SSSR count). The van der Waals surface area contributed by atoms with Crippen LogP contribution in [-0.2, 0) is 17.8 Å². The van der Waals surface area contributed by atoms with Gasteiger partial charge in [0.2, 0.25) is 5.91 Å². The lowest BCUT2D eigenvalue weighted by Crippen LogP contribution is -2.15. The van der Waals surface area contributed by atoms with Crippen LogP contribution in [0.25, 0.3) is 0 Å². The van der Waals surface area contributed by atoms with Crippen molar-refractivity contribution in [2.45, 2.75) is 18.1 Å². The third-order valence-electron chi connectivity index (χ3n) is 3.79. The summed E-state index contributed by atoms with van der Waals surface area (Å²) in [5.41, 5.74) is 1.70. The Morgan fingerprint density at radius 3 is 2.54 bits per heavy atom. The largest absolute Gasteiger partial charge is 0.325 e. The highest BCUT2D eigenvalue weighted by Gasteiger charge is 2.14. The standard InChI is InChI=1S/C20H18Cl2N4OS/c1-2-8-26-18(9-14-6-4-3-5-7-14)24-25-20(26)28-13-19(27)23-17-11-15(21)10-16(22)12-17/h2-7,10-12H,1,8-9,13H2,(H,23,27). The first-order chi connectivity index (χ1) is 13.5. The van der Waals surface area contributed by atoms with E-state index in [2.05, 4.69) is 22.1 Å². The van der Waals surface area contributed by atoms with Gasteiger partial charge in [0, 0.05) is 28.7 Å². The van der Waals surface area contributed by atoms with Gasteiger partial charge in [-0.25, -0.2) is 0 Å². The molecular formula is C20H18Cl2N4OS. The lowest BCUT2D eigenvalue weighted by atomic mass is 10.1. The number of halogens is 2. The molecule has 0 radical (unpaired) electrons. The minimum Gasteiger partial charge on any atom is -0.325 e. The van der Waals surface area contributed by atoms with E-state index in [4.69, 9.17) is 23.2 Å². The first-order valence-corrected chi connectivity index (χ1v) is 10.2. The van der Waals surface area contributed by atoms with Crippen LogP contribution in [0.2, 0.25) is 10.0 Å². The van der Waals surface area contributed by atoms with Crippen LogP contribution in [-0.4, -0.2) is 26.4 Å². The molecular weight excluding hydrogens is 415 g/mol. The summed E-state index contributed by atoms with van der Waals surface area (Å²) < 4.78 is 1.97. The van der Waals surface area contributed by atoms with Gasteiger partial charge >= 0.3 is 0 Å². The highest BCUT2D eigenvalue weighted by molar-refractivity contribution is 7.99. The van der Waals surface area contributed by atoms with Crippen molar-refractivity contribution in [3.63, 3.8) is 0 Å². The van der Waals surface area contributed by atoms with Crippen molar-refractivity contribution < 1.29 is 4.79 Å². The number of benzene rings is 2. The molecule has 0 atom stereocenters. The van der Waals surface area contributed by atoms with Crippen LogP contribution >= 0.6 is 35.0 Å². The van der Waals surface area contributed by atoms with Crippen molar-refractivity contribution >= 4 is 46.6 Å². The maximum atomic E-state index is 12.3. The molecule has 0 spiro atoms. The molecule has 0 aliphatic heterocycles. The van der Waals surface area contributed by atoms with E-state index < -0.39 is 0 Å². The Morgan fingerprint density at radius 2 is 1.86 bits per heavy atom. The van der Waals surface area contributed by atoms with Gasteiger partial charge in [-0.05, 0) is 23.8 Å². The molecule has 0 saturated heterocycles. The SMILES string of the molecule is C=CCn1c(Cc2ccccc2)nnc1SCC(=O)Nc1cc(Cl)cc(Cl)c1. The fourth-order valence-electron chi connectivity index (χ4n) is 2.60. The molecule has 0 aliphatic carbocycles. The molecule has 3 aromatic rings. The number of rotatable bonds is 8. The minimum absolute atomic E-state index is 0.180. The number of nitrogens with zero attached hydrogens (tertiary/aromatic N) is 3. The second kappa shape index (κ2) is 9.78. The highest BCUT2D eigenvalue weighted by Crippen LogP contribution is 2.23. The van der Waals surface area contributed by atoms with E-state index in [1.807, 2.05) is 34.9 Å². The maximum Gasteiger partial charge on any atom is 0.234 e. The van der Waals surface area contributed by atoms with Crippen LogP contribution in [0.3, 0.4) is 0 Å². The van der Waals surface area contributed by atoms with E-state index in [-0.39, 0.29) is 11.7 Å². The smallest absolute Gasteiger partial charge is 0.234 e. The molecule has 5 nitrogen and oxygen atoms in total. The van der Waals surface area contributed by atoms with Crippen LogP contribution in [0.1, 0.15) is 11.4 Å². The first-order valence-electron chi connectivity index (χ1n) is 8.51. The number of nitrogens with one attached hydrogen (secondary N) is 1. The van der Waals surface area contributed by atoms with Gasteiger partial charge in [0.25, 0.3) is 0 Å². The number of hydrogen-bond acceptors (Lipinski definition) is 4. The van der Waals surface area contributed by atoms with Gasteiger partial charge in [0.15, 0.2) is 5.16 Å². The van der Waals surface area contributed by atoms with E-state index in [0.717, 1.165) is 11.4 Å². The Balaban J connectivity index is 1.66. The van der Waals surface area contributed by atoms with Crippen LogP contribution < -0.4 is 5.32 Å². The Labute approximate surface area is 177 Å². The topological polar surface area (TPSA) is 59.8 Å². The normalized spacial score (nSPS) is 10.6. The zero-order chi connectivity index (χ0) is 19.9. The second-order valence-electron chi connectivity index (χ2n) is 5.96. The van der Waals surface area contributed by atoms with Gasteiger partial charge in [-0.2, -0.15) is 0 Å². The van der Waals surface area contributed by atoms with Crippen LogP contribution in [0, 0.1) is 0 Å². The van der Waals surface area contributed by atoms with Gasteiger partial charge in [-0.3, -0.25) is 4.79 Å².